The van der Waals surface area contributed by atoms with Crippen LogP contribution in [0.25, 0.3) is 0 Å². The van der Waals surface area contributed by atoms with E-state index in [9.17, 15) is 4.79 Å². The Morgan fingerprint density at radius 3 is 2.44 bits per heavy atom. The van der Waals surface area contributed by atoms with Gasteiger partial charge in [-0.25, -0.2) is 0 Å². The number of rotatable bonds is 3. The lowest BCUT2D eigenvalue weighted by Crippen LogP contribution is -2.48. The lowest BCUT2D eigenvalue weighted by Gasteiger charge is -2.35. The molecule has 0 aromatic carbocycles. The lowest BCUT2D eigenvalue weighted by atomic mass is 9.93. The van der Waals surface area contributed by atoms with Crippen molar-refractivity contribution in [3.8, 4) is 0 Å². The molecule has 2 rings (SSSR count). The molecule has 0 bridgehead atoms. The first kappa shape index (κ1) is 13.8. The zero-order chi connectivity index (χ0) is 13.0. The highest BCUT2D eigenvalue weighted by atomic mass is 16.5. The van der Waals surface area contributed by atoms with Crippen molar-refractivity contribution in [3.05, 3.63) is 0 Å². The molecule has 0 aliphatic carbocycles. The zero-order valence-electron chi connectivity index (χ0n) is 11.7. The number of piperidine rings is 1. The van der Waals surface area contributed by atoms with Gasteiger partial charge in [-0.3, -0.25) is 4.79 Å². The molecular weight excluding hydrogens is 228 g/mol. The molecule has 2 fully saturated rings. The van der Waals surface area contributed by atoms with Gasteiger partial charge in [0.05, 0.1) is 12.2 Å². The maximum absolute atomic E-state index is 12.2. The van der Waals surface area contributed by atoms with Crippen molar-refractivity contribution in [2.75, 3.05) is 26.2 Å². The van der Waals surface area contributed by atoms with Crippen LogP contribution in [0.15, 0.2) is 0 Å². The van der Waals surface area contributed by atoms with Crippen molar-refractivity contribution >= 4 is 5.91 Å². The third kappa shape index (κ3) is 3.95. The molecule has 2 atom stereocenters. The second kappa shape index (κ2) is 6.53. The molecule has 2 aliphatic rings. The zero-order valence-corrected chi connectivity index (χ0v) is 11.7. The van der Waals surface area contributed by atoms with Crippen LogP contribution in [0.2, 0.25) is 0 Å². The maximum Gasteiger partial charge on any atom is 0.222 e. The van der Waals surface area contributed by atoms with Gasteiger partial charge in [0, 0.05) is 19.5 Å². The van der Waals surface area contributed by atoms with E-state index in [1.54, 1.807) is 0 Å². The topological polar surface area (TPSA) is 41.6 Å². The molecule has 4 nitrogen and oxygen atoms in total. The summed E-state index contributed by atoms with van der Waals surface area (Å²) >= 11 is 0. The minimum absolute atomic E-state index is 0.177. The number of amides is 1. The normalized spacial score (nSPS) is 30.4. The molecule has 2 aliphatic heterocycles. The van der Waals surface area contributed by atoms with Gasteiger partial charge in [0.1, 0.15) is 0 Å². The lowest BCUT2D eigenvalue weighted by molar-refractivity contribution is -0.143. The van der Waals surface area contributed by atoms with E-state index in [1.807, 2.05) is 18.7 Å². The van der Waals surface area contributed by atoms with Crippen LogP contribution >= 0.6 is 0 Å². The Bertz CT molecular complexity index is 267. The van der Waals surface area contributed by atoms with E-state index in [4.69, 9.17) is 4.74 Å². The summed E-state index contributed by atoms with van der Waals surface area (Å²) in [6.07, 6.45) is 4.57. The van der Waals surface area contributed by atoms with Gasteiger partial charge in [0.15, 0.2) is 0 Å². The first-order chi connectivity index (χ1) is 8.65. The first-order valence-corrected chi connectivity index (χ1v) is 7.29. The Morgan fingerprint density at radius 2 is 1.83 bits per heavy atom. The summed E-state index contributed by atoms with van der Waals surface area (Å²) in [7, 11) is 0. The van der Waals surface area contributed by atoms with Gasteiger partial charge < -0.3 is 15.0 Å². The van der Waals surface area contributed by atoms with E-state index < -0.39 is 0 Å². The fraction of sp³-hybridized carbons (Fsp3) is 0.929. The molecule has 0 unspecified atom stereocenters. The van der Waals surface area contributed by atoms with Crippen molar-refractivity contribution in [1.29, 1.82) is 0 Å². The summed E-state index contributed by atoms with van der Waals surface area (Å²) in [5, 5.41) is 3.37. The summed E-state index contributed by atoms with van der Waals surface area (Å²) in [6, 6.07) is 0. The molecular formula is C14H26N2O2. The van der Waals surface area contributed by atoms with Crippen LogP contribution in [0.5, 0.6) is 0 Å². The van der Waals surface area contributed by atoms with Crippen molar-refractivity contribution in [1.82, 2.24) is 10.2 Å². The minimum Gasteiger partial charge on any atom is -0.372 e. The smallest absolute Gasteiger partial charge is 0.222 e. The number of morpholine rings is 1. The van der Waals surface area contributed by atoms with Gasteiger partial charge in [0.25, 0.3) is 0 Å². The van der Waals surface area contributed by atoms with Crippen LogP contribution in [0, 0.1) is 5.92 Å². The summed E-state index contributed by atoms with van der Waals surface area (Å²) in [6.45, 7) is 7.84. The van der Waals surface area contributed by atoms with Crippen LogP contribution < -0.4 is 5.32 Å². The number of carbonyl (C=O) groups excluding carboxylic acids is 1. The van der Waals surface area contributed by atoms with Crippen molar-refractivity contribution < 1.29 is 9.53 Å². The van der Waals surface area contributed by atoms with Crippen LogP contribution in [-0.4, -0.2) is 49.2 Å². The third-order valence-corrected chi connectivity index (χ3v) is 4.00. The Morgan fingerprint density at radius 1 is 1.22 bits per heavy atom. The van der Waals surface area contributed by atoms with Gasteiger partial charge >= 0.3 is 0 Å². The summed E-state index contributed by atoms with van der Waals surface area (Å²) < 4.78 is 5.66. The molecule has 1 amide bonds. The van der Waals surface area contributed by atoms with Crippen LogP contribution in [0.4, 0.5) is 0 Å². The quantitative estimate of drug-likeness (QED) is 0.828. The third-order valence-electron chi connectivity index (χ3n) is 4.00. The number of nitrogens with zero attached hydrogens (tertiary/aromatic N) is 1. The Hall–Kier alpha value is -0.610. The molecule has 2 saturated heterocycles. The monoisotopic (exact) mass is 254 g/mol. The fourth-order valence-corrected chi connectivity index (χ4v) is 3.04. The van der Waals surface area contributed by atoms with Crippen molar-refractivity contribution in [2.24, 2.45) is 5.92 Å². The number of carbonyl (C=O) groups is 1. The number of ether oxygens (including phenoxy) is 1. The Labute approximate surface area is 110 Å². The van der Waals surface area contributed by atoms with E-state index in [1.165, 1.54) is 12.8 Å². The van der Waals surface area contributed by atoms with Gasteiger partial charge in [0.2, 0.25) is 5.91 Å². The van der Waals surface area contributed by atoms with E-state index in [0.29, 0.717) is 12.3 Å². The van der Waals surface area contributed by atoms with Crippen LogP contribution in [0.1, 0.15) is 39.5 Å². The SMILES string of the molecule is C[C@@H]1CN(C(=O)CCC2CCNCC2)C[C@H](C)O1. The number of nitrogens with one attached hydrogen (secondary N) is 1. The molecule has 4 heteroatoms. The molecule has 0 spiro atoms. The number of hydrogen-bond acceptors (Lipinski definition) is 3. The van der Waals surface area contributed by atoms with Gasteiger partial charge in [-0.1, -0.05) is 0 Å². The van der Waals surface area contributed by atoms with E-state index in [-0.39, 0.29) is 12.2 Å². The molecule has 0 aromatic rings. The highest BCUT2D eigenvalue weighted by Gasteiger charge is 2.26. The van der Waals surface area contributed by atoms with Crippen molar-refractivity contribution in [3.63, 3.8) is 0 Å². The Kier molecular flexibility index (Phi) is 5.01. The molecule has 18 heavy (non-hydrogen) atoms. The highest BCUT2D eigenvalue weighted by molar-refractivity contribution is 5.76. The standard InChI is InChI=1S/C14H26N2O2/c1-11-9-16(10-12(2)18-11)14(17)4-3-13-5-7-15-8-6-13/h11-13,15H,3-10H2,1-2H3/t11-,12+. The molecule has 2 heterocycles. The maximum atomic E-state index is 12.2. The van der Waals surface area contributed by atoms with Gasteiger partial charge in [-0.2, -0.15) is 0 Å². The van der Waals surface area contributed by atoms with Crippen LogP contribution in [0.3, 0.4) is 0 Å². The number of hydrogen-bond donors (Lipinski definition) is 1. The summed E-state index contributed by atoms with van der Waals surface area (Å²) in [5.41, 5.74) is 0. The molecule has 0 radical (unpaired) electrons. The second-order valence-electron chi connectivity index (χ2n) is 5.79. The highest BCUT2D eigenvalue weighted by Crippen LogP contribution is 2.19. The van der Waals surface area contributed by atoms with E-state index >= 15 is 0 Å². The fourth-order valence-electron chi connectivity index (χ4n) is 3.04. The molecule has 0 saturated carbocycles. The molecule has 0 aromatic heterocycles. The molecule has 1 N–H and O–H groups in total. The predicted octanol–water partition coefficient (Wildman–Crippen LogP) is 1.40. The first-order valence-electron chi connectivity index (χ1n) is 7.29. The predicted molar refractivity (Wildman–Crippen MR) is 71.4 cm³/mol. The average Bonchev–Trinajstić information content (AvgIpc) is 2.36. The van der Waals surface area contributed by atoms with Crippen LogP contribution in [-0.2, 0) is 9.53 Å². The summed E-state index contributed by atoms with van der Waals surface area (Å²) in [4.78, 5) is 14.2. The molecule has 104 valence electrons. The largest absolute Gasteiger partial charge is 0.372 e. The average molecular weight is 254 g/mol. The van der Waals surface area contributed by atoms with Gasteiger partial charge in [-0.15, -0.1) is 0 Å². The van der Waals surface area contributed by atoms with Gasteiger partial charge in [-0.05, 0) is 52.1 Å². The van der Waals surface area contributed by atoms with Crippen molar-refractivity contribution in [2.45, 2.75) is 51.7 Å². The summed E-state index contributed by atoms with van der Waals surface area (Å²) in [5.74, 6) is 1.06. The Balaban J connectivity index is 1.73. The second-order valence-corrected chi connectivity index (χ2v) is 5.79. The van der Waals surface area contributed by atoms with E-state index in [0.717, 1.165) is 38.5 Å². The minimum atomic E-state index is 0.177. The van der Waals surface area contributed by atoms with E-state index in [2.05, 4.69) is 5.32 Å².